The number of carbonyl (C=O) groups is 4. The fraction of sp³-hybridized carbons (Fsp3) is 0.946. The van der Waals surface area contributed by atoms with E-state index in [1.807, 2.05) is 0 Å². The van der Waals surface area contributed by atoms with Crippen molar-refractivity contribution in [3.63, 3.8) is 0 Å². The summed E-state index contributed by atoms with van der Waals surface area (Å²) >= 11 is 0. The zero-order valence-corrected chi connectivity index (χ0v) is 62.7. The van der Waals surface area contributed by atoms with Gasteiger partial charge in [0.1, 0.15) is 19.3 Å². The number of esters is 4. The molecule has 0 heterocycles. The average molecular weight is 1370 g/mol. The number of aliphatic hydroxyl groups is 1. The topological polar surface area (TPSA) is 237 Å². The second kappa shape index (κ2) is 63.5. The van der Waals surface area contributed by atoms with Gasteiger partial charge in [-0.3, -0.25) is 37.3 Å². The Bertz CT molecular complexity index is 1840. The van der Waals surface area contributed by atoms with E-state index in [1.54, 1.807) is 0 Å². The van der Waals surface area contributed by atoms with Gasteiger partial charge in [0.15, 0.2) is 12.2 Å². The highest BCUT2D eigenvalue weighted by Crippen LogP contribution is 2.45. The van der Waals surface area contributed by atoms with E-state index in [4.69, 9.17) is 37.0 Å². The molecule has 0 aromatic heterocycles. The molecule has 0 aliphatic carbocycles. The van der Waals surface area contributed by atoms with Gasteiger partial charge in [0.2, 0.25) is 0 Å². The summed E-state index contributed by atoms with van der Waals surface area (Å²) in [6.45, 7) is 14.1. The Hall–Kier alpha value is -1.94. The number of ether oxygens (including phenoxy) is 4. The average Bonchev–Trinajstić information content (AvgIpc) is 2.32. The molecule has 0 aliphatic rings. The zero-order chi connectivity index (χ0) is 68.9. The summed E-state index contributed by atoms with van der Waals surface area (Å²) in [5.74, 6) is 0.903. The second-order valence-electron chi connectivity index (χ2n) is 28.4. The summed E-state index contributed by atoms with van der Waals surface area (Å²) < 4.78 is 68.4. The van der Waals surface area contributed by atoms with Crippen LogP contribution in [0.1, 0.15) is 370 Å². The van der Waals surface area contributed by atoms with Crippen molar-refractivity contribution in [2.45, 2.75) is 388 Å². The molecule has 0 rings (SSSR count). The van der Waals surface area contributed by atoms with Gasteiger partial charge in [0.05, 0.1) is 26.4 Å². The van der Waals surface area contributed by atoms with Crippen LogP contribution in [0.25, 0.3) is 0 Å². The predicted octanol–water partition coefficient (Wildman–Crippen LogP) is 21.3. The van der Waals surface area contributed by atoms with Crippen LogP contribution in [0.2, 0.25) is 0 Å². The van der Waals surface area contributed by atoms with Gasteiger partial charge in [-0.1, -0.05) is 319 Å². The summed E-state index contributed by atoms with van der Waals surface area (Å²) in [6, 6.07) is 0. The van der Waals surface area contributed by atoms with Crippen LogP contribution in [0.3, 0.4) is 0 Å². The molecule has 93 heavy (non-hydrogen) atoms. The molecule has 6 atom stereocenters. The van der Waals surface area contributed by atoms with Crippen LogP contribution in [-0.4, -0.2) is 96.7 Å². The van der Waals surface area contributed by atoms with Crippen molar-refractivity contribution in [3.05, 3.63) is 0 Å². The van der Waals surface area contributed by atoms with Crippen LogP contribution >= 0.6 is 15.6 Å². The standard InChI is InChI=1S/C74H144O17P2/c1-9-67(8)53-45-37-28-22-17-18-24-31-41-49-57-74(79)91-70(61-85-72(77)55-47-39-33-32-36-44-52-66(6)7)63-89-93(82,83)87-59-68(75)58-86-92(80,81)88-62-69(60-84-71(76)54-46-38-29-25-19-21-27-35-43-51-65(4)5)90-73(78)56-48-40-30-23-16-14-12-10-11-13-15-20-26-34-42-50-64(2)3/h64-70,75H,9-63H2,1-8H3,(H,80,81)(H,82,83)/t67?,68-,69-,70-/m1/s1. The van der Waals surface area contributed by atoms with Gasteiger partial charge < -0.3 is 33.8 Å². The lowest BCUT2D eigenvalue weighted by atomic mass is 9.99. The van der Waals surface area contributed by atoms with E-state index >= 15 is 0 Å². The van der Waals surface area contributed by atoms with Gasteiger partial charge in [-0.2, -0.15) is 0 Å². The van der Waals surface area contributed by atoms with E-state index < -0.39 is 97.5 Å². The van der Waals surface area contributed by atoms with E-state index in [0.717, 1.165) is 114 Å². The van der Waals surface area contributed by atoms with E-state index in [-0.39, 0.29) is 25.7 Å². The number of phosphoric acid groups is 2. The molecule has 0 aliphatic heterocycles. The summed E-state index contributed by atoms with van der Waals surface area (Å²) in [5, 5.41) is 10.6. The molecule has 0 fully saturated rings. The number of hydrogen-bond donors (Lipinski definition) is 3. The van der Waals surface area contributed by atoms with Gasteiger partial charge in [0.25, 0.3) is 0 Å². The van der Waals surface area contributed by atoms with Crippen LogP contribution in [0.4, 0.5) is 0 Å². The highest BCUT2D eigenvalue weighted by Gasteiger charge is 2.30. The lowest BCUT2D eigenvalue weighted by Crippen LogP contribution is -2.30. The molecule has 17 nitrogen and oxygen atoms in total. The van der Waals surface area contributed by atoms with Crippen molar-refractivity contribution in [2.75, 3.05) is 39.6 Å². The highest BCUT2D eigenvalue weighted by molar-refractivity contribution is 7.47. The highest BCUT2D eigenvalue weighted by atomic mass is 31.2. The summed E-state index contributed by atoms with van der Waals surface area (Å²) in [7, 11) is -9.91. The Labute approximate surface area is 568 Å². The lowest BCUT2D eigenvalue weighted by molar-refractivity contribution is -0.161. The van der Waals surface area contributed by atoms with Crippen molar-refractivity contribution in [1.29, 1.82) is 0 Å². The minimum Gasteiger partial charge on any atom is -0.462 e. The predicted molar refractivity (Wildman–Crippen MR) is 377 cm³/mol. The first kappa shape index (κ1) is 91.1. The van der Waals surface area contributed by atoms with Gasteiger partial charge in [-0.15, -0.1) is 0 Å². The molecule has 19 heteroatoms. The molecule has 0 spiro atoms. The summed E-state index contributed by atoms with van der Waals surface area (Å²) in [6.07, 6.45) is 47.3. The minimum atomic E-state index is -4.96. The Morgan fingerprint density at radius 1 is 0.301 bits per heavy atom. The first-order valence-electron chi connectivity index (χ1n) is 38.2. The fourth-order valence-corrected chi connectivity index (χ4v) is 12.7. The molecular weight excluding hydrogens is 1220 g/mol. The summed E-state index contributed by atoms with van der Waals surface area (Å²) in [4.78, 5) is 72.7. The smallest absolute Gasteiger partial charge is 0.462 e. The molecule has 0 saturated heterocycles. The van der Waals surface area contributed by atoms with Crippen molar-refractivity contribution in [1.82, 2.24) is 0 Å². The molecular formula is C74H144O17P2. The number of phosphoric ester groups is 2. The molecule has 0 saturated carbocycles. The molecule has 3 unspecified atom stereocenters. The molecule has 0 radical (unpaired) electrons. The monoisotopic (exact) mass is 1370 g/mol. The maximum atomic E-state index is 13.1. The molecule has 0 bridgehead atoms. The largest absolute Gasteiger partial charge is 0.472 e. The fourth-order valence-electron chi connectivity index (χ4n) is 11.2. The van der Waals surface area contributed by atoms with Gasteiger partial charge in [-0.05, 0) is 49.4 Å². The Morgan fingerprint density at radius 2 is 0.516 bits per heavy atom. The number of unbranched alkanes of at least 4 members (excludes halogenated alkanes) is 36. The first-order valence-corrected chi connectivity index (χ1v) is 41.2. The molecule has 0 aromatic carbocycles. The lowest BCUT2D eigenvalue weighted by Gasteiger charge is -2.21. The second-order valence-corrected chi connectivity index (χ2v) is 31.3. The quantitative estimate of drug-likeness (QED) is 0.0222. The van der Waals surface area contributed by atoms with Gasteiger partial charge >= 0.3 is 39.5 Å². The SMILES string of the molecule is CCC(C)CCCCCCCCCCCCC(=O)O[C@H](COC(=O)CCCCCCCCC(C)C)COP(=O)(O)OC[C@H](O)COP(=O)(O)OC[C@@H](COC(=O)CCCCCCCCCCCC(C)C)OC(=O)CCCCCCCCCCCCCCCCCC(C)C. The number of aliphatic hydroxyl groups excluding tert-OH is 1. The van der Waals surface area contributed by atoms with E-state index in [1.165, 1.54) is 167 Å². The van der Waals surface area contributed by atoms with Crippen molar-refractivity contribution >= 4 is 39.5 Å². The molecule has 552 valence electrons. The third-order valence-corrected chi connectivity index (χ3v) is 19.3. The molecule has 0 amide bonds. The third-order valence-electron chi connectivity index (χ3n) is 17.4. The number of hydrogen-bond acceptors (Lipinski definition) is 15. The van der Waals surface area contributed by atoms with E-state index in [0.29, 0.717) is 31.6 Å². The van der Waals surface area contributed by atoms with E-state index in [2.05, 4.69) is 55.4 Å². The van der Waals surface area contributed by atoms with Gasteiger partial charge in [-0.25, -0.2) is 9.13 Å². The Morgan fingerprint density at radius 3 is 0.763 bits per heavy atom. The third kappa shape index (κ3) is 67.0. The Balaban J connectivity index is 5.23. The van der Waals surface area contributed by atoms with Crippen molar-refractivity contribution in [3.8, 4) is 0 Å². The van der Waals surface area contributed by atoms with Crippen LogP contribution < -0.4 is 0 Å². The molecule has 3 N–H and O–H groups in total. The van der Waals surface area contributed by atoms with E-state index in [9.17, 15) is 43.2 Å². The normalized spacial score (nSPS) is 14.5. The van der Waals surface area contributed by atoms with Crippen molar-refractivity contribution < 1.29 is 80.2 Å². The maximum Gasteiger partial charge on any atom is 0.472 e. The summed E-state index contributed by atoms with van der Waals surface area (Å²) in [5.41, 5.74) is 0. The van der Waals surface area contributed by atoms with Gasteiger partial charge in [0, 0.05) is 25.7 Å². The molecule has 0 aromatic rings. The van der Waals surface area contributed by atoms with Crippen LogP contribution in [0.15, 0.2) is 0 Å². The van der Waals surface area contributed by atoms with Crippen molar-refractivity contribution in [2.24, 2.45) is 23.7 Å². The van der Waals surface area contributed by atoms with Crippen LogP contribution in [0, 0.1) is 23.7 Å². The zero-order valence-electron chi connectivity index (χ0n) is 60.9. The maximum absolute atomic E-state index is 13.1. The minimum absolute atomic E-state index is 0.105. The number of carbonyl (C=O) groups excluding carboxylic acids is 4. The Kier molecular flexibility index (Phi) is 62.2. The number of rotatable bonds is 71. The van der Waals surface area contributed by atoms with Crippen LogP contribution in [0.5, 0.6) is 0 Å². The van der Waals surface area contributed by atoms with Crippen LogP contribution in [-0.2, 0) is 65.4 Å². The first-order chi connectivity index (χ1) is 44.6.